The van der Waals surface area contributed by atoms with E-state index < -0.39 is 5.92 Å². The number of rotatable bonds is 5. The van der Waals surface area contributed by atoms with Crippen LogP contribution in [0.15, 0.2) is 48.5 Å². The molecule has 7 heteroatoms. The number of nitrogens with one attached hydrogen (secondary N) is 2. The molecule has 0 aromatic heterocycles. The smallest absolute Gasteiger partial charge is 0.251 e. The number of nitrogens with zero attached hydrogens (tertiary/aromatic N) is 1. The first kappa shape index (κ1) is 18.5. The third-order valence-electron chi connectivity index (χ3n) is 4.94. The molecule has 3 amide bonds. The van der Waals surface area contributed by atoms with E-state index in [1.807, 2.05) is 0 Å². The number of amides is 3. The maximum atomic E-state index is 12.6. The van der Waals surface area contributed by atoms with Crippen molar-refractivity contribution in [1.82, 2.24) is 5.32 Å². The van der Waals surface area contributed by atoms with E-state index in [1.165, 1.54) is 0 Å². The maximum absolute atomic E-state index is 12.6. The molecule has 1 saturated heterocycles. The SMILES string of the molecule is O=C(NC1CC1)c1cccc(NC(=O)C2CC(=O)N(c3ccc(Cl)cc3)C2)c1. The Hall–Kier alpha value is -2.86. The predicted molar refractivity (Wildman–Crippen MR) is 107 cm³/mol. The van der Waals surface area contributed by atoms with Gasteiger partial charge in [-0.05, 0) is 55.3 Å². The van der Waals surface area contributed by atoms with Gasteiger partial charge in [-0.1, -0.05) is 17.7 Å². The summed E-state index contributed by atoms with van der Waals surface area (Å²) < 4.78 is 0. The van der Waals surface area contributed by atoms with Crippen LogP contribution in [0.4, 0.5) is 11.4 Å². The van der Waals surface area contributed by atoms with Crippen molar-refractivity contribution in [3.63, 3.8) is 0 Å². The van der Waals surface area contributed by atoms with E-state index in [9.17, 15) is 14.4 Å². The van der Waals surface area contributed by atoms with Crippen LogP contribution in [-0.2, 0) is 9.59 Å². The van der Waals surface area contributed by atoms with Crippen LogP contribution >= 0.6 is 11.6 Å². The van der Waals surface area contributed by atoms with E-state index in [0.717, 1.165) is 18.5 Å². The second-order valence-corrected chi connectivity index (χ2v) is 7.64. The summed E-state index contributed by atoms with van der Waals surface area (Å²) in [4.78, 5) is 38.8. The molecule has 2 aromatic carbocycles. The van der Waals surface area contributed by atoms with Gasteiger partial charge in [0.15, 0.2) is 0 Å². The summed E-state index contributed by atoms with van der Waals surface area (Å²) in [5.41, 5.74) is 1.78. The minimum Gasteiger partial charge on any atom is -0.349 e. The highest BCUT2D eigenvalue weighted by atomic mass is 35.5. The first-order valence-electron chi connectivity index (χ1n) is 9.27. The molecule has 1 unspecified atom stereocenters. The van der Waals surface area contributed by atoms with Crippen molar-refractivity contribution < 1.29 is 14.4 Å². The van der Waals surface area contributed by atoms with Gasteiger partial charge in [-0.2, -0.15) is 0 Å². The number of carbonyl (C=O) groups is 3. The maximum Gasteiger partial charge on any atom is 0.251 e. The van der Waals surface area contributed by atoms with Gasteiger partial charge in [-0.3, -0.25) is 14.4 Å². The Labute approximate surface area is 167 Å². The quantitative estimate of drug-likeness (QED) is 0.813. The van der Waals surface area contributed by atoms with Crippen LogP contribution in [0.25, 0.3) is 0 Å². The molecule has 1 aliphatic carbocycles. The van der Waals surface area contributed by atoms with E-state index in [1.54, 1.807) is 53.4 Å². The molecule has 0 spiro atoms. The highest BCUT2D eigenvalue weighted by Crippen LogP contribution is 2.27. The highest BCUT2D eigenvalue weighted by Gasteiger charge is 2.35. The molecule has 1 saturated carbocycles. The monoisotopic (exact) mass is 397 g/mol. The molecule has 2 aliphatic rings. The largest absolute Gasteiger partial charge is 0.349 e. The number of halogens is 1. The van der Waals surface area contributed by atoms with Crippen molar-refractivity contribution in [2.24, 2.45) is 5.92 Å². The van der Waals surface area contributed by atoms with Gasteiger partial charge in [0.1, 0.15) is 0 Å². The van der Waals surface area contributed by atoms with Gasteiger partial charge in [0.25, 0.3) is 5.91 Å². The molecule has 144 valence electrons. The van der Waals surface area contributed by atoms with Gasteiger partial charge < -0.3 is 15.5 Å². The molecule has 0 radical (unpaired) electrons. The fourth-order valence-corrected chi connectivity index (χ4v) is 3.36. The van der Waals surface area contributed by atoms with E-state index in [2.05, 4.69) is 10.6 Å². The highest BCUT2D eigenvalue weighted by molar-refractivity contribution is 6.30. The van der Waals surface area contributed by atoms with Crippen LogP contribution in [0.5, 0.6) is 0 Å². The Bertz CT molecular complexity index is 925. The number of anilines is 2. The van der Waals surface area contributed by atoms with E-state index in [-0.39, 0.29) is 30.2 Å². The molecule has 2 aromatic rings. The predicted octanol–water partition coefficient (Wildman–Crippen LogP) is 3.22. The summed E-state index contributed by atoms with van der Waals surface area (Å²) in [6.07, 6.45) is 2.18. The second kappa shape index (κ2) is 7.64. The minimum atomic E-state index is -0.452. The lowest BCUT2D eigenvalue weighted by Crippen LogP contribution is -2.28. The number of benzene rings is 2. The van der Waals surface area contributed by atoms with E-state index in [4.69, 9.17) is 11.6 Å². The molecule has 28 heavy (non-hydrogen) atoms. The fourth-order valence-electron chi connectivity index (χ4n) is 3.23. The van der Waals surface area contributed by atoms with Gasteiger partial charge in [-0.15, -0.1) is 0 Å². The summed E-state index contributed by atoms with van der Waals surface area (Å²) >= 11 is 5.89. The lowest BCUT2D eigenvalue weighted by Gasteiger charge is -2.17. The summed E-state index contributed by atoms with van der Waals surface area (Å²) in [5.74, 6) is -0.916. The molecule has 0 bridgehead atoms. The summed E-state index contributed by atoms with van der Waals surface area (Å²) in [6.45, 7) is 0.314. The van der Waals surface area contributed by atoms with Crippen LogP contribution in [-0.4, -0.2) is 30.3 Å². The van der Waals surface area contributed by atoms with Gasteiger partial charge in [0.2, 0.25) is 11.8 Å². The zero-order valence-corrected chi connectivity index (χ0v) is 15.9. The van der Waals surface area contributed by atoms with Crippen molar-refractivity contribution in [3.8, 4) is 0 Å². The van der Waals surface area contributed by atoms with Gasteiger partial charge >= 0.3 is 0 Å². The van der Waals surface area contributed by atoms with Crippen LogP contribution < -0.4 is 15.5 Å². The summed E-state index contributed by atoms with van der Waals surface area (Å²) in [5, 5.41) is 6.35. The number of hydrogen-bond donors (Lipinski definition) is 2. The molecular weight excluding hydrogens is 378 g/mol. The Balaban J connectivity index is 1.40. The van der Waals surface area contributed by atoms with Crippen LogP contribution in [0.2, 0.25) is 5.02 Å². The Morgan fingerprint density at radius 2 is 1.82 bits per heavy atom. The van der Waals surface area contributed by atoms with Crippen LogP contribution in [0, 0.1) is 5.92 Å². The minimum absolute atomic E-state index is 0.0972. The Kier molecular flexibility index (Phi) is 5.05. The lowest BCUT2D eigenvalue weighted by molar-refractivity contribution is -0.122. The van der Waals surface area contributed by atoms with Crippen molar-refractivity contribution >= 4 is 40.7 Å². The molecule has 2 fully saturated rings. The molecule has 1 atom stereocenters. The van der Waals surface area contributed by atoms with Gasteiger partial charge in [0.05, 0.1) is 5.92 Å². The normalized spacial score (nSPS) is 18.8. The second-order valence-electron chi connectivity index (χ2n) is 7.20. The molecule has 4 rings (SSSR count). The first-order valence-corrected chi connectivity index (χ1v) is 9.65. The average molecular weight is 398 g/mol. The third kappa shape index (κ3) is 4.17. The molecule has 6 nitrogen and oxygen atoms in total. The average Bonchev–Trinajstić information content (AvgIpc) is 3.41. The zero-order chi connectivity index (χ0) is 19.7. The number of hydrogen-bond acceptors (Lipinski definition) is 3. The van der Waals surface area contributed by atoms with Crippen molar-refractivity contribution in [3.05, 3.63) is 59.1 Å². The van der Waals surface area contributed by atoms with E-state index in [0.29, 0.717) is 22.8 Å². The van der Waals surface area contributed by atoms with Crippen molar-refractivity contribution in [2.75, 3.05) is 16.8 Å². The van der Waals surface area contributed by atoms with Crippen LogP contribution in [0.3, 0.4) is 0 Å². The van der Waals surface area contributed by atoms with Gasteiger partial charge in [-0.25, -0.2) is 0 Å². The Morgan fingerprint density at radius 1 is 1.07 bits per heavy atom. The number of carbonyl (C=O) groups excluding carboxylic acids is 3. The molecule has 1 heterocycles. The summed E-state index contributed by atoms with van der Waals surface area (Å²) in [6, 6.07) is 14.1. The first-order chi connectivity index (χ1) is 13.5. The van der Waals surface area contributed by atoms with Crippen LogP contribution in [0.1, 0.15) is 29.6 Å². The molecule has 1 aliphatic heterocycles. The summed E-state index contributed by atoms with van der Waals surface area (Å²) in [7, 11) is 0. The Morgan fingerprint density at radius 3 is 2.54 bits per heavy atom. The zero-order valence-electron chi connectivity index (χ0n) is 15.2. The third-order valence-corrected chi connectivity index (χ3v) is 5.19. The van der Waals surface area contributed by atoms with E-state index >= 15 is 0 Å². The standard InChI is InChI=1S/C21H20ClN3O3/c22-15-4-8-18(9-5-15)25-12-14(11-19(25)26)21(28)24-17-3-1-2-13(10-17)20(27)23-16-6-7-16/h1-5,8-10,14,16H,6-7,11-12H2,(H,23,27)(H,24,28). The fraction of sp³-hybridized carbons (Fsp3) is 0.286. The molecule has 2 N–H and O–H groups in total. The van der Waals surface area contributed by atoms with Gasteiger partial charge in [0, 0.05) is 41.0 Å². The van der Waals surface area contributed by atoms with Crippen molar-refractivity contribution in [1.29, 1.82) is 0 Å². The molecular formula is C21H20ClN3O3. The topological polar surface area (TPSA) is 78.5 Å². The lowest BCUT2D eigenvalue weighted by atomic mass is 10.1. The van der Waals surface area contributed by atoms with Crippen molar-refractivity contribution in [2.45, 2.75) is 25.3 Å².